The molecule has 2 aromatic rings. The van der Waals surface area contributed by atoms with E-state index in [1.165, 1.54) is 16.9 Å². The molecule has 2 fully saturated rings. The molecule has 0 bridgehead atoms. The Balaban J connectivity index is 1.36. The number of carbonyl (C=O) groups excluding carboxylic acids is 2. The molecule has 1 aromatic carbocycles. The zero-order valence-corrected chi connectivity index (χ0v) is 16.9. The normalized spacial score (nSPS) is 20.9. The lowest BCUT2D eigenvalue weighted by molar-refractivity contribution is -0.139. The van der Waals surface area contributed by atoms with E-state index in [4.69, 9.17) is 0 Å². The standard InChI is InChI=1S/C22H27N3O2S/c26-21(19-9-4-5-11-25(19)22(27)20-10-6-16-28-20)24-14-12-23(13-15-24)17-18-7-2-1-3-8-18/h1-3,6-8,10,16,19H,4-5,9,11-15,17H2. The number of hydrogen-bond acceptors (Lipinski definition) is 4. The zero-order valence-electron chi connectivity index (χ0n) is 16.1. The highest BCUT2D eigenvalue weighted by Crippen LogP contribution is 2.24. The van der Waals surface area contributed by atoms with Gasteiger partial charge in [-0.05, 0) is 36.3 Å². The van der Waals surface area contributed by atoms with Gasteiger partial charge in [0.05, 0.1) is 4.88 Å². The van der Waals surface area contributed by atoms with Crippen molar-refractivity contribution in [2.75, 3.05) is 32.7 Å². The van der Waals surface area contributed by atoms with Crippen molar-refractivity contribution in [2.24, 2.45) is 0 Å². The lowest BCUT2D eigenvalue weighted by atomic mass is 10.00. The van der Waals surface area contributed by atoms with Crippen LogP contribution < -0.4 is 0 Å². The van der Waals surface area contributed by atoms with E-state index in [2.05, 4.69) is 29.2 Å². The van der Waals surface area contributed by atoms with Crippen LogP contribution in [-0.4, -0.2) is 65.3 Å². The average molecular weight is 398 g/mol. The molecule has 2 aliphatic rings. The molecule has 0 radical (unpaired) electrons. The Hall–Kier alpha value is -2.18. The summed E-state index contributed by atoms with van der Waals surface area (Å²) in [5, 5.41) is 1.92. The van der Waals surface area contributed by atoms with Gasteiger partial charge in [-0.3, -0.25) is 14.5 Å². The highest BCUT2D eigenvalue weighted by molar-refractivity contribution is 7.12. The van der Waals surface area contributed by atoms with Gasteiger partial charge in [-0.15, -0.1) is 11.3 Å². The van der Waals surface area contributed by atoms with Gasteiger partial charge in [-0.1, -0.05) is 36.4 Å². The van der Waals surface area contributed by atoms with E-state index in [1.54, 1.807) is 0 Å². The Morgan fingerprint density at radius 3 is 2.43 bits per heavy atom. The molecular weight excluding hydrogens is 370 g/mol. The summed E-state index contributed by atoms with van der Waals surface area (Å²) >= 11 is 1.45. The highest BCUT2D eigenvalue weighted by atomic mass is 32.1. The molecule has 3 heterocycles. The fourth-order valence-corrected chi connectivity index (χ4v) is 4.83. The van der Waals surface area contributed by atoms with Crippen LogP contribution in [0.15, 0.2) is 47.8 Å². The van der Waals surface area contributed by atoms with Gasteiger partial charge in [0.15, 0.2) is 0 Å². The quantitative estimate of drug-likeness (QED) is 0.796. The average Bonchev–Trinajstić information content (AvgIpc) is 3.29. The molecule has 28 heavy (non-hydrogen) atoms. The summed E-state index contributed by atoms with van der Waals surface area (Å²) in [4.78, 5) is 33.0. The first-order valence-corrected chi connectivity index (χ1v) is 11.0. The molecule has 4 rings (SSSR count). The molecule has 1 aromatic heterocycles. The first-order valence-electron chi connectivity index (χ1n) is 10.1. The monoisotopic (exact) mass is 397 g/mol. The maximum Gasteiger partial charge on any atom is 0.264 e. The predicted molar refractivity (Wildman–Crippen MR) is 111 cm³/mol. The molecule has 2 amide bonds. The Morgan fingerprint density at radius 1 is 0.929 bits per heavy atom. The van der Waals surface area contributed by atoms with Crippen molar-refractivity contribution in [3.63, 3.8) is 0 Å². The molecule has 6 heteroatoms. The SMILES string of the molecule is O=C(C1CCCCN1C(=O)c1cccs1)N1CCN(Cc2ccccc2)CC1. The molecule has 148 valence electrons. The van der Waals surface area contributed by atoms with Crippen molar-refractivity contribution in [1.82, 2.24) is 14.7 Å². The number of hydrogen-bond donors (Lipinski definition) is 0. The Labute approximate surface area is 170 Å². The van der Waals surface area contributed by atoms with Crippen LogP contribution in [-0.2, 0) is 11.3 Å². The van der Waals surface area contributed by atoms with Gasteiger partial charge in [0, 0.05) is 39.3 Å². The first-order chi connectivity index (χ1) is 13.7. The maximum atomic E-state index is 13.2. The van der Waals surface area contributed by atoms with Gasteiger partial charge in [0.2, 0.25) is 5.91 Å². The summed E-state index contributed by atoms with van der Waals surface area (Å²) in [5.41, 5.74) is 1.31. The number of nitrogens with zero attached hydrogens (tertiary/aromatic N) is 3. The smallest absolute Gasteiger partial charge is 0.264 e. The van der Waals surface area contributed by atoms with Crippen molar-refractivity contribution >= 4 is 23.2 Å². The molecule has 0 spiro atoms. The number of carbonyl (C=O) groups is 2. The topological polar surface area (TPSA) is 43.9 Å². The fraction of sp³-hybridized carbons (Fsp3) is 0.455. The van der Waals surface area contributed by atoms with E-state index in [-0.39, 0.29) is 17.9 Å². The van der Waals surface area contributed by atoms with Gasteiger partial charge in [0.25, 0.3) is 5.91 Å². The molecule has 5 nitrogen and oxygen atoms in total. The molecule has 2 aliphatic heterocycles. The third-order valence-electron chi connectivity index (χ3n) is 5.71. The number of amides is 2. The van der Waals surface area contributed by atoms with Crippen LogP contribution in [0.25, 0.3) is 0 Å². The minimum atomic E-state index is -0.302. The number of piperidine rings is 1. The van der Waals surface area contributed by atoms with Crippen molar-refractivity contribution in [2.45, 2.75) is 31.8 Å². The zero-order chi connectivity index (χ0) is 19.3. The van der Waals surface area contributed by atoms with E-state index in [1.807, 2.05) is 33.4 Å². The van der Waals surface area contributed by atoms with Crippen LogP contribution in [0.4, 0.5) is 0 Å². The summed E-state index contributed by atoms with van der Waals surface area (Å²) in [6.07, 6.45) is 2.77. The molecule has 0 aliphatic carbocycles. The molecular formula is C22H27N3O2S. The van der Waals surface area contributed by atoms with E-state index in [9.17, 15) is 9.59 Å². The van der Waals surface area contributed by atoms with Gasteiger partial charge < -0.3 is 9.80 Å². The summed E-state index contributed by atoms with van der Waals surface area (Å²) < 4.78 is 0. The van der Waals surface area contributed by atoms with Crippen LogP contribution in [0, 0.1) is 0 Å². The minimum absolute atomic E-state index is 0.00997. The van der Waals surface area contributed by atoms with Gasteiger partial charge in [-0.25, -0.2) is 0 Å². The van der Waals surface area contributed by atoms with E-state index >= 15 is 0 Å². The van der Waals surface area contributed by atoms with Crippen LogP contribution in [0.5, 0.6) is 0 Å². The lowest BCUT2D eigenvalue weighted by Gasteiger charge is -2.40. The Kier molecular flexibility index (Phi) is 6.07. The molecule has 1 unspecified atom stereocenters. The van der Waals surface area contributed by atoms with Gasteiger partial charge in [0.1, 0.15) is 6.04 Å². The molecule has 1 atom stereocenters. The number of likely N-dealkylation sites (tertiary alicyclic amines) is 1. The van der Waals surface area contributed by atoms with Crippen LogP contribution in [0.1, 0.15) is 34.5 Å². The van der Waals surface area contributed by atoms with E-state index in [0.29, 0.717) is 6.54 Å². The van der Waals surface area contributed by atoms with Crippen LogP contribution in [0.3, 0.4) is 0 Å². The third kappa shape index (κ3) is 4.28. The van der Waals surface area contributed by atoms with Crippen molar-refractivity contribution in [3.05, 3.63) is 58.3 Å². The Morgan fingerprint density at radius 2 is 1.71 bits per heavy atom. The second kappa shape index (κ2) is 8.88. The second-order valence-electron chi connectivity index (χ2n) is 7.57. The molecule has 2 saturated heterocycles. The highest BCUT2D eigenvalue weighted by Gasteiger charge is 2.36. The van der Waals surface area contributed by atoms with Crippen molar-refractivity contribution < 1.29 is 9.59 Å². The number of piperazine rings is 1. The van der Waals surface area contributed by atoms with E-state index in [0.717, 1.165) is 56.9 Å². The summed E-state index contributed by atoms with van der Waals surface area (Å²) in [6, 6.07) is 13.9. The third-order valence-corrected chi connectivity index (χ3v) is 6.57. The minimum Gasteiger partial charge on any atom is -0.338 e. The summed E-state index contributed by atoms with van der Waals surface area (Å²) in [6.45, 7) is 4.85. The van der Waals surface area contributed by atoms with Crippen molar-refractivity contribution in [1.29, 1.82) is 0 Å². The number of rotatable bonds is 4. The van der Waals surface area contributed by atoms with Crippen molar-refractivity contribution in [3.8, 4) is 0 Å². The predicted octanol–water partition coefficient (Wildman–Crippen LogP) is 3.09. The van der Waals surface area contributed by atoms with Crippen LogP contribution in [0.2, 0.25) is 0 Å². The van der Waals surface area contributed by atoms with Gasteiger partial charge in [-0.2, -0.15) is 0 Å². The molecule has 0 N–H and O–H groups in total. The second-order valence-corrected chi connectivity index (χ2v) is 8.52. The largest absolute Gasteiger partial charge is 0.338 e. The van der Waals surface area contributed by atoms with Crippen LogP contribution >= 0.6 is 11.3 Å². The fourth-order valence-electron chi connectivity index (χ4n) is 4.15. The maximum absolute atomic E-state index is 13.2. The summed E-state index contributed by atoms with van der Waals surface area (Å²) in [5.74, 6) is 0.139. The molecule has 0 saturated carbocycles. The van der Waals surface area contributed by atoms with Gasteiger partial charge >= 0.3 is 0 Å². The Bertz CT molecular complexity index is 785. The first kappa shape index (κ1) is 19.2. The lowest BCUT2D eigenvalue weighted by Crippen LogP contribution is -2.57. The van der Waals surface area contributed by atoms with E-state index < -0.39 is 0 Å². The number of thiophene rings is 1. The number of benzene rings is 1. The summed E-state index contributed by atoms with van der Waals surface area (Å²) in [7, 11) is 0.